The minimum Gasteiger partial charge on any atom is -0.370 e. The molecule has 7 heteroatoms. The van der Waals surface area contributed by atoms with E-state index in [0.29, 0.717) is 43.2 Å². The van der Waals surface area contributed by atoms with Crippen molar-refractivity contribution in [2.75, 3.05) is 31.3 Å². The van der Waals surface area contributed by atoms with Gasteiger partial charge in [0.05, 0.1) is 17.9 Å². The largest absolute Gasteiger partial charge is 0.370 e. The summed E-state index contributed by atoms with van der Waals surface area (Å²) in [5.41, 5.74) is 0.959. The van der Waals surface area contributed by atoms with Crippen LogP contribution in [-0.2, 0) is 16.9 Å². The van der Waals surface area contributed by atoms with E-state index >= 15 is 0 Å². The lowest BCUT2D eigenvalue weighted by molar-refractivity contribution is -0.0715. The number of alkyl halides is 1. The molecule has 160 valence electrons. The van der Waals surface area contributed by atoms with Crippen molar-refractivity contribution in [3.8, 4) is 6.07 Å². The second-order valence-electron chi connectivity index (χ2n) is 7.57. The summed E-state index contributed by atoms with van der Waals surface area (Å²) in [6, 6.07) is 11.4. The lowest BCUT2D eigenvalue weighted by Gasteiger charge is -2.43. The van der Waals surface area contributed by atoms with Crippen molar-refractivity contribution >= 4 is 17.3 Å². The number of ether oxygens (including phenoxy) is 1. The van der Waals surface area contributed by atoms with Crippen LogP contribution in [0.5, 0.6) is 0 Å². The van der Waals surface area contributed by atoms with Crippen LogP contribution in [0.15, 0.2) is 41.3 Å². The van der Waals surface area contributed by atoms with E-state index in [1.54, 1.807) is 10.8 Å². The Bertz CT molecular complexity index is 944. The van der Waals surface area contributed by atoms with Crippen molar-refractivity contribution in [1.29, 1.82) is 5.26 Å². The number of aryl methyl sites for hydroxylation is 1. The number of anilines is 1. The van der Waals surface area contributed by atoms with Crippen molar-refractivity contribution in [2.24, 2.45) is 0 Å². The van der Waals surface area contributed by atoms with Gasteiger partial charge in [-0.15, -0.1) is 0 Å². The molecule has 0 N–H and O–H groups in total. The number of unbranched alkanes of at least 4 members (excludes halogenated alkanes) is 1. The lowest BCUT2D eigenvalue weighted by atomic mass is 9.83. The van der Waals surface area contributed by atoms with Crippen molar-refractivity contribution in [1.82, 2.24) is 4.57 Å². The summed E-state index contributed by atoms with van der Waals surface area (Å²) in [6.07, 6.45) is 4.89. The Morgan fingerprint density at radius 3 is 2.53 bits per heavy atom. The van der Waals surface area contributed by atoms with E-state index in [9.17, 15) is 14.4 Å². The summed E-state index contributed by atoms with van der Waals surface area (Å²) < 4.78 is 20.5. The molecule has 0 bridgehead atoms. The third-order valence-corrected chi connectivity index (χ3v) is 6.00. The van der Waals surface area contributed by atoms with Gasteiger partial charge in [-0.3, -0.25) is 4.79 Å². The fourth-order valence-corrected chi connectivity index (χ4v) is 4.18. The minimum absolute atomic E-state index is 0.0273. The molecule has 1 fully saturated rings. The molecule has 2 aromatic rings. The lowest BCUT2D eigenvalue weighted by Crippen LogP contribution is -2.45. The van der Waals surface area contributed by atoms with Gasteiger partial charge in [0.1, 0.15) is 18.3 Å². The molecule has 5 nitrogen and oxygen atoms in total. The number of benzene rings is 1. The van der Waals surface area contributed by atoms with Gasteiger partial charge in [-0.1, -0.05) is 37.1 Å². The summed E-state index contributed by atoms with van der Waals surface area (Å²) in [5.74, 6) is 0. The fraction of sp³-hybridized carbons (Fsp3) is 0.478. The first-order valence-corrected chi connectivity index (χ1v) is 10.8. The summed E-state index contributed by atoms with van der Waals surface area (Å²) in [7, 11) is 0. The van der Waals surface area contributed by atoms with Crippen LogP contribution in [0.25, 0.3) is 0 Å². The van der Waals surface area contributed by atoms with E-state index in [1.165, 1.54) is 0 Å². The number of piperidine rings is 1. The second kappa shape index (κ2) is 10.1. The molecule has 0 saturated carbocycles. The molecule has 0 amide bonds. The number of hydrogen-bond acceptors (Lipinski definition) is 4. The van der Waals surface area contributed by atoms with Crippen molar-refractivity contribution < 1.29 is 9.13 Å². The second-order valence-corrected chi connectivity index (χ2v) is 8.00. The van der Waals surface area contributed by atoms with Crippen LogP contribution in [0.1, 0.15) is 43.7 Å². The van der Waals surface area contributed by atoms with Crippen LogP contribution in [0, 0.1) is 11.3 Å². The number of nitrogens with zero attached hydrogens (tertiary/aromatic N) is 3. The van der Waals surface area contributed by atoms with Gasteiger partial charge in [-0.25, -0.2) is 4.39 Å². The number of nitriles is 1. The highest BCUT2D eigenvalue weighted by atomic mass is 35.5. The van der Waals surface area contributed by atoms with E-state index in [-0.39, 0.29) is 17.7 Å². The van der Waals surface area contributed by atoms with E-state index in [1.807, 2.05) is 30.3 Å². The molecule has 1 aromatic carbocycles. The zero-order valence-corrected chi connectivity index (χ0v) is 18.0. The van der Waals surface area contributed by atoms with Crippen LogP contribution in [0.3, 0.4) is 0 Å². The SMILES string of the molecule is CCCCn1ccc(N2CCC(OCCF)(c3ccc(Cl)cc3)CC2)c(C#N)c1=O. The number of pyridine rings is 1. The zero-order chi connectivity index (χ0) is 21.6. The Labute approximate surface area is 181 Å². The molecule has 0 atom stereocenters. The predicted octanol–water partition coefficient (Wildman–Crippen LogP) is 4.66. The first kappa shape index (κ1) is 22.3. The Morgan fingerprint density at radius 1 is 1.23 bits per heavy atom. The minimum atomic E-state index is -0.601. The Morgan fingerprint density at radius 2 is 1.93 bits per heavy atom. The summed E-state index contributed by atoms with van der Waals surface area (Å²) in [5, 5.41) is 10.3. The first-order valence-electron chi connectivity index (χ1n) is 10.4. The standard InChI is InChI=1S/C23H27ClFN3O2/c1-2-3-12-28-13-8-21(20(17-26)22(28)29)27-14-9-23(10-15-27,30-16-11-25)18-4-6-19(24)7-5-18/h4-8,13H,2-3,9-12,14-16H2,1H3. The molecule has 2 heterocycles. The molecular weight excluding hydrogens is 405 g/mol. The van der Waals surface area contributed by atoms with Gasteiger partial charge in [0, 0.05) is 30.9 Å². The van der Waals surface area contributed by atoms with Crippen LogP contribution in [0.2, 0.25) is 5.02 Å². The van der Waals surface area contributed by atoms with Gasteiger partial charge in [0.25, 0.3) is 5.56 Å². The monoisotopic (exact) mass is 431 g/mol. The average molecular weight is 432 g/mol. The summed E-state index contributed by atoms with van der Waals surface area (Å²) in [4.78, 5) is 14.8. The van der Waals surface area contributed by atoms with Crippen molar-refractivity contribution in [3.05, 3.63) is 63.0 Å². The highest BCUT2D eigenvalue weighted by Gasteiger charge is 2.38. The molecule has 30 heavy (non-hydrogen) atoms. The van der Waals surface area contributed by atoms with Gasteiger partial charge in [0.2, 0.25) is 0 Å². The number of halogens is 2. The van der Waals surface area contributed by atoms with Crippen molar-refractivity contribution in [2.45, 2.75) is 44.8 Å². The van der Waals surface area contributed by atoms with E-state index < -0.39 is 12.3 Å². The number of hydrogen-bond donors (Lipinski definition) is 0. The Kier molecular flexibility index (Phi) is 7.52. The van der Waals surface area contributed by atoms with Crippen LogP contribution in [0.4, 0.5) is 10.1 Å². The van der Waals surface area contributed by atoms with Crippen molar-refractivity contribution in [3.63, 3.8) is 0 Å². The molecule has 3 rings (SSSR count). The highest BCUT2D eigenvalue weighted by Crippen LogP contribution is 2.38. The molecule has 1 aliphatic rings. The maximum atomic E-state index is 12.9. The van der Waals surface area contributed by atoms with Gasteiger partial charge in [-0.2, -0.15) is 5.26 Å². The molecule has 1 aromatic heterocycles. The normalized spacial score (nSPS) is 15.7. The van der Waals surface area contributed by atoms with Crippen LogP contribution < -0.4 is 10.5 Å². The van der Waals surface area contributed by atoms with Gasteiger partial charge < -0.3 is 14.2 Å². The zero-order valence-electron chi connectivity index (χ0n) is 17.2. The first-order chi connectivity index (χ1) is 14.5. The van der Waals surface area contributed by atoms with Gasteiger partial charge >= 0.3 is 0 Å². The van der Waals surface area contributed by atoms with E-state index in [0.717, 1.165) is 18.4 Å². The van der Waals surface area contributed by atoms with Crippen LogP contribution in [-0.4, -0.2) is 30.9 Å². The molecule has 1 aliphatic heterocycles. The smallest absolute Gasteiger partial charge is 0.270 e. The molecule has 0 aliphatic carbocycles. The molecule has 0 unspecified atom stereocenters. The topological polar surface area (TPSA) is 58.3 Å². The quantitative estimate of drug-likeness (QED) is 0.610. The summed E-state index contributed by atoms with van der Waals surface area (Å²) >= 11 is 6.02. The number of aromatic nitrogens is 1. The Hall–Kier alpha value is -2.36. The maximum absolute atomic E-state index is 12.9. The highest BCUT2D eigenvalue weighted by molar-refractivity contribution is 6.30. The average Bonchev–Trinajstić information content (AvgIpc) is 2.77. The Balaban J connectivity index is 1.84. The summed E-state index contributed by atoms with van der Waals surface area (Å²) in [6.45, 7) is 3.36. The van der Waals surface area contributed by atoms with Gasteiger partial charge in [-0.05, 0) is 43.0 Å². The predicted molar refractivity (Wildman–Crippen MR) is 117 cm³/mol. The number of rotatable bonds is 8. The third kappa shape index (κ3) is 4.69. The van der Waals surface area contributed by atoms with Crippen LogP contribution >= 0.6 is 11.6 Å². The molecule has 0 radical (unpaired) electrons. The van der Waals surface area contributed by atoms with Gasteiger partial charge in [0.15, 0.2) is 0 Å². The molecule has 1 saturated heterocycles. The maximum Gasteiger partial charge on any atom is 0.270 e. The van der Waals surface area contributed by atoms with E-state index in [4.69, 9.17) is 16.3 Å². The molecule has 0 spiro atoms. The third-order valence-electron chi connectivity index (χ3n) is 5.75. The van der Waals surface area contributed by atoms with E-state index in [2.05, 4.69) is 17.9 Å². The molecular formula is C23H27ClFN3O2. The fourth-order valence-electron chi connectivity index (χ4n) is 4.05.